The van der Waals surface area contributed by atoms with E-state index in [0.717, 1.165) is 16.1 Å². The van der Waals surface area contributed by atoms with Gasteiger partial charge in [-0.15, -0.1) is 11.3 Å². The van der Waals surface area contributed by atoms with Crippen LogP contribution in [0.1, 0.15) is 37.2 Å². The molecule has 1 N–H and O–H groups in total. The van der Waals surface area contributed by atoms with E-state index in [-0.39, 0.29) is 17.0 Å². The number of thiazole rings is 1. The summed E-state index contributed by atoms with van der Waals surface area (Å²) in [7, 11) is 0. The summed E-state index contributed by atoms with van der Waals surface area (Å²) in [6.45, 7) is 6.89. The van der Waals surface area contributed by atoms with E-state index in [4.69, 9.17) is 0 Å². The van der Waals surface area contributed by atoms with Crippen molar-refractivity contribution in [2.24, 2.45) is 5.41 Å². The largest absolute Gasteiger partial charge is 0.477 e. The van der Waals surface area contributed by atoms with Gasteiger partial charge in [0.15, 0.2) is 5.43 Å². The van der Waals surface area contributed by atoms with Crippen LogP contribution in [0, 0.1) is 5.41 Å². The molecule has 1 aliphatic rings. The number of hydrogen-bond donors (Lipinski definition) is 1. The number of aromatic nitrogens is 4. The summed E-state index contributed by atoms with van der Waals surface area (Å²) in [6, 6.07) is 1.39. The molecule has 0 aliphatic carbocycles. The van der Waals surface area contributed by atoms with E-state index in [1.54, 1.807) is 17.9 Å². The lowest BCUT2D eigenvalue weighted by molar-refractivity contribution is 0.0693. The Bertz CT molecular complexity index is 1060. The third-order valence-electron chi connectivity index (χ3n) is 4.77. The molecule has 4 heterocycles. The van der Waals surface area contributed by atoms with Crippen molar-refractivity contribution in [3.8, 4) is 21.8 Å². The van der Waals surface area contributed by atoms with E-state index in [1.807, 2.05) is 9.25 Å². The van der Waals surface area contributed by atoms with Crippen molar-refractivity contribution in [3.63, 3.8) is 0 Å². The van der Waals surface area contributed by atoms with Crippen molar-refractivity contribution in [1.82, 2.24) is 19.3 Å². The Balaban J connectivity index is 2.02. The van der Waals surface area contributed by atoms with E-state index in [0.29, 0.717) is 12.2 Å². The van der Waals surface area contributed by atoms with Gasteiger partial charge in [0.2, 0.25) is 0 Å². The second-order valence-corrected chi connectivity index (χ2v) is 8.37. The van der Waals surface area contributed by atoms with Gasteiger partial charge in [-0.25, -0.2) is 4.79 Å². The zero-order chi connectivity index (χ0) is 18.6. The van der Waals surface area contributed by atoms with Crippen LogP contribution < -0.4 is 5.43 Å². The lowest BCUT2D eigenvalue weighted by Gasteiger charge is -2.38. The van der Waals surface area contributed by atoms with Crippen molar-refractivity contribution < 1.29 is 9.90 Å². The fourth-order valence-corrected chi connectivity index (χ4v) is 4.06. The number of pyridine rings is 1. The monoisotopic (exact) mass is 370 g/mol. The Morgan fingerprint density at radius 1 is 1.35 bits per heavy atom. The van der Waals surface area contributed by atoms with Crippen molar-refractivity contribution in [2.75, 3.05) is 0 Å². The fourth-order valence-electron chi connectivity index (χ4n) is 3.42. The van der Waals surface area contributed by atoms with Gasteiger partial charge in [0, 0.05) is 24.0 Å². The van der Waals surface area contributed by atoms with E-state index in [1.165, 1.54) is 23.6 Å². The van der Waals surface area contributed by atoms with Gasteiger partial charge in [-0.3, -0.25) is 14.5 Å². The van der Waals surface area contributed by atoms with Crippen LogP contribution >= 0.6 is 11.3 Å². The first-order valence-electron chi connectivity index (χ1n) is 8.22. The summed E-state index contributed by atoms with van der Waals surface area (Å²) in [5.74, 6) is -1.21. The lowest BCUT2D eigenvalue weighted by Crippen LogP contribution is -2.35. The number of carboxylic acids is 1. The molecule has 0 saturated heterocycles. The SMILES string of the molecule is CC(C)(C)[C@@H]1Cn2ncc(-c3cncs3)c2-c2cc(=O)c(C(=O)O)cn21. The molecule has 3 aromatic rings. The van der Waals surface area contributed by atoms with Crippen LogP contribution in [0.3, 0.4) is 0 Å². The zero-order valence-corrected chi connectivity index (χ0v) is 15.4. The highest BCUT2D eigenvalue weighted by atomic mass is 32.1. The van der Waals surface area contributed by atoms with Gasteiger partial charge in [0.05, 0.1) is 40.6 Å². The minimum absolute atomic E-state index is 0.0297. The minimum atomic E-state index is -1.21. The van der Waals surface area contributed by atoms with Crippen molar-refractivity contribution in [2.45, 2.75) is 33.4 Å². The van der Waals surface area contributed by atoms with Crippen LogP contribution in [0.25, 0.3) is 21.8 Å². The first kappa shape index (κ1) is 16.7. The van der Waals surface area contributed by atoms with Gasteiger partial charge < -0.3 is 9.67 Å². The summed E-state index contributed by atoms with van der Waals surface area (Å²) >= 11 is 1.50. The molecule has 0 bridgehead atoms. The number of carbonyl (C=O) groups is 1. The van der Waals surface area contributed by atoms with E-state index < -0.39 is 11.4 Å². The standard InChI is InChI=1S/C18H18N4O3S/c1-18(2,3)15-8-22-16(10(5-20-22)14-6-19-9-26-14)12-4-13(23)11(17(24)25)7-21(12)15/h4-7,9,15H,8H2,1-3H3,(H,24,25)/t15-/m0/s1. The molecule has 0 aromatic carbocycles. The Labute approximate surface area is 153 Å². The third-order valence-corrected chi connectivity index (χ3v) is 5.58. The molecule has 7 nitrogen and oxygen atoms in total. The van der Waals surface area contributed by atoms with Crippen molar-refractivity contribution in [1.29, 1.82) is 0 Å². The fraction of sp³-hybridized carbons (Fsp3) is 0.333. The molecule has 0 radical (unpaired) electrons. The van der Waals surface area contributed by atoms with Crippen LogP contribution in [-0.2, 0) is 6.54 Å². The van der Waals surface area contributed by atoms with E-state index in [9.17, 15) is 14.7 Å². The second kappa shape index (κ2) is 5.63. The first-order valence-corrected chi connectivity index (χ1v) is 9.10. The molecule has 1 aliphatic heterocycles. The van der Waals surface area contributed by atoms with E-state index >= 15 is 0 Å². The molecule has 0 spiro atoms. The van der Waals surface area contributed by atoms with E-state index in [2.05, 4.69) is 30.9 Å². The molecule has 0 unspecified atom stereocenters. The quantitative estimate of drug-likeness (QED) is 0.748. The highest BCUT2D eigenvalue weighted by molar-refractivity contribution is 7.13. The highest BCUT2D eigenvalue weighted by Gasteiger charge is 2.35. The third kappa shape index (κ3) is 2.48. The van der Waals surface area contributed by atoms with Gasteiger partial charge in [-0.1, -0.05) is 20.8 Å². The normalized spacial score (nSPS) is 16.2. The van der Waals surface area contributed by atoms with Crippen molar-refractivity contribution in [3.05, 3.63) is 46.0 Å². The van der Waals surface area contributed by atoms with Crippen LogP contribution in [0.2, 0.25) is 0 Å². The number of aromatic carboxylic acids is 1. The average molecular weight is 370 g/mol. The molecule has 4 rings (SSSR count). The zero-order valence-electron chi connectivity index (χ0n) is 14.6. The summed E-state index contributed by atoms with van der Waals surface area (Å²) < 4.78 is 3.83. The second-order valence-electron chi connectivity index (χ2n) is 7.49. The van der Waals surface area contributed by atoms with Crippen LogP contribution in [0.4, 0.5) is 0 Å². The number of rotatable bonds is 2. The lowest BCUT2D eigenvalue weighted by atomic mass is 9.84. The highest BCUT2D eigenvalue weighted by Crippen LogP contribution is 2.43. The molecular formula is C18H18N4O3S. The Kier molecular flexibility index (Phi) is 3.62. The topological polar surface area (TPSA) is 90.0 Å². The van der Waals surface area contributed by atoms with Gasteiger partial charge in [-0.2, -0.15) is 5.10 Å². The summed E-state index contributed by atoms with van der Waals surface area (Å²) in [6.07, 6.45) is 5.03. The van der Waals surface area contributed by atoms with Crippen LogP contribution in [0.15, 0.2) is 35.0 Å². The van der Waals surface area contributed by atoms with Gasteiger partial charge in [0.25, 0.3) is 0 Å². The minimum Gasteiger partial charge on any atom is -0.477 e. The predicted molar refractivity (Wildman–Crippen MR) is 98.5 cm³/mol. The molecule has 0 saturated carbocycles. The maximum absolute atomic E-state index is 12.4. The molecule has 0 fully saturated rings. The molecule has 134 valence electrons. The van der Waals surface area contributed by atoms with Gasteiger partial charge in [0.1, 0.15) is 5.56 Å². The smallest absolute Gasteiger partial charge is 0.341 e. The maximum atomic E-state index is 12.4. The Morgan fingerprint density at radius 2 is 2.12 bits per heavy atom. The van der Waals surface area contributed by atoms with Gasteiger partial charge in [-0.05, 0) is 5.41 Å². The predicted octanol–water partition coefficient (Wildman–Crippen LogP) is 3.13. The van der Waals surface area contributed by atoms with Crippen molar-refractivity contribution >= 4 is 17.3 Å². The molecule has 8 heteroatoms. The molecule has 3 aromatic heterocycles. The Morgan fingerprint density at radius 3 is 2.73 bits per heavy atom. The molecule has 26 heavy (non-hydrogen) atoms. The molecular weight excluding hydrogens is 352 g/mol. The van der Waals surface area contributed by atoms with Crippen LogP contribution in [0.5, 0.6) is 0 Å². The summed E-state index contributed by atoms with van der Waals surface area (Å²) in [5.41, 5.74) is 3.30. The number of carboxylic acid groups (broad SMARTS) is 1. The molecule has 0 amide bonds. The number of hydrogen-bond acceptors (Lipinski definition) is 5. The number of fused-ring (bicyclic) bond motifs is 3. The van der Waals surface area contributed by atoms with Gasteiger partial charge >= 0.3 is 5.97 Å². The molecule has 1 atom stereocenters. The van der Waals surface area contributed by atoms with Crippen LogP contribution in [-0.4, -0.2) is 30.4 Å². The maximum Gasteiger partial charge on any atom is 0.341 e. The number of nitrogens with zero attached hydrogens (tertiary/aromatic N) is 4. The first-order chi connectivity index (χ1) is 12.3. The Hall–Kier alpha value is -2.74. The average Bonchev–Trinajstić information content (AvgIpc) is 3.21. The summed E-state index contributed by atoms with van der Waals surface area (Å²) in [5, 5.41) is 13.9. The summed E-state index contributed by atoms with van der Waals surface area (Å²) in [4.78, 5) is 28.9.